The monoisotopic (exact) mass is 1030 g/mol. The van der Waals surface area contributed by atoms with Gasteiger partial charge in [0, 0.05) is 92.7 Å². The molecule has 0 spiro atoms. The molecule has 3 aliphatic rings. The zero-order valence-corrected chi connectivity index (χ0v) is 42.1. The fraction of sp³-hybridized carbons (Fsp3) is 0.431. The number of nitrogens with one attached hydrogen (secondary N) is 3. The number of carbonyl (C=O) groups is 2. The number of sulfonamides is 1. The molecule has 2 aromatic heterocycles. The fourth-order valence-corrected chi connectivity index (χ4v) is 10.8. The molecule has 2 fully saturated rings. The van der Waals surface area contributed by atoms with Crippen LogP contribution in [0.15, 0.2) is 89.6 Å². The summed E-state index contributed by atoms with van der Waals surface area (Å²) in [6, 6.07) is 15.3. The van der Waals surface area contributed by atoms with Crippen LogP contribution in [-0.2, 0) is 25.7 Å². The van der Waals surface area contributed by atoms with Gasteiger partial charge in [-0.25, -0.2) is 18.1 Å². The maximum absolute atomic E-state index is 14.0. The van der Waals surface area contributed by atoms with E-state index >= 15 is 0 Å². The SMILES string of the molecule is CC(C)C(=O)N1CCOC(CCCNc2ccc(S(=O)(=O)NC(=O)c3ccc(N4CCN(CC5=C(c6ccc(C(F)(F)F)cc6Cl)CC(C)(C)CC5)CC4)cc3Oc3cnc4[nH]ccc4c3)cc2[N+](=O)[O-])C1. The predicted molar refractivity (Wildman–Crippen MR) is 269 cm³/mol. The summed E-state index contributed by atoms with van der Waals surface area (Å²) in [7, 11) is -4.66. The van der Waals surface area contributed by atoms with E-state index in [1.54, 1.807) is 35.4 Å². The van der Waals surface area contributed by atoms with E-state index in [4.69, 9.17) is 21.1 Å². The first-order chi connectivity index (χ1) is 34.1. The third-order valence-corrected chi connectivity index (χ3v) is 15.1. The standard InChI is InChI=1S/C51H58ClF3N8O8S/c1-32(2)49(65)62-22-23-70-37(31-62)6-5-16-56-44-12-9-39(27-45(44)63(66)67)72(68,69)59-48(64)41-11-8-36(26-46(41)71-38-24-33-14-17-57-47(33)58-29-38)61-20-18-60(19-21-61)30-34-13-15-50(3,4)28-42(34)40-10-7-35(25-43(40)52)51(53,54)55/h7-12,14,17,24-27,29,32,37,56H,5-6,13,15-16,18-23,28,30-31H2,1-4H3,(H,57,58)(H,59,64). The molecule has 0 radical (unpaired) electrons. The van der Waals surface area contributed by atoms with Gasteiger partial charge in [-0.15, -0.1) is 0 Å². The number of ether oxygens (including phenoxy) is 2. The molecule has 1 atom stereocenters. The van der Waals surface area contributed by atoms with Gasteiger partial charge in [0.1, 0.15) is 22.8 Å². The van der Waals surface area contributed by atoms with Crippen molar-refractivity contribution >= 4 is 67.1 Å². The summed E-state index contributed by atoms with van der Waals surface area (Å²) < 4.78 is 82.3. The van der Waals surface area contributed by atoms with E-state index in [0.29, 0.717) is 95.1 Å². The second-order valence-corrected chi connectivity index (χ2v) is 21.7. The predicted octanol–water partition coefficient (Wildman–Crippen LogP) is 9.92. The number of nitrogens with zero attached hydrogens (tertiary/aromatic N) is 5. The summed E-state index contributed by atoms with van der Waals surface area (Å²) in [5, 5.41) is 16.1. The van der Waals surface area contributed by atoms with Crippen molar-refractivity contribution < 1.29 is 45.6 Å². The van der Waals surface area contributed by atoms with Gasteiger partial charge in [-0.1, -0.05) is 50.9 Å². The summed E-state index contributed by atoms with van der Waals surface area (Å²) >= 11 is 6.54. The quantitative estimate of drug-likeness (QED) is 0.0482. The number of nitro groups is 1. The van der Waals surface area contributed by atoms with Crippen LogP contribution >= 0.6 is 11.6 Å². The Morgan fingerprint density at radius 2 is 1.82 bits per heavy atom. The molecular weight excluding hydrogens is 977 g/mol. The van der Waals surface area contributed by atoms with Gasteiger partial charge in [0.25, 0.3) is 21.6 Å². The van der Waals surface area contributed by atoms with Crippen molar-refractivity contribution in [3.05, 3.63) is 117 Å². The molecule has 1 aliphatic carbocycles. The first-order valence-corrected chi connectivity index (χ1v) is 25.8. The van der Waals surface area contributed by atoms with Gasteiger partial charge in [-0.2, -0.15) is 13.2 Å². The maximum Gasteiger partial charge on any atom is 0.416 e. The van der Waals surface area contributed by atoms with Gasteiger partial charge in [0.2, 0.25) is 5.91 Å². The number of fused-ring (bicyclic) bond motifs is 1. The van der Waals surface area contributed by atoms with Crippen molar-refractivity contribution in [1.29, 1.82) is 0 Å². The number of hydrogen-bond donors (Lipinski definition) is 3. The maximum atomic E-state index is 14.0. The van der Waals surface area contributed by atoms with Gasteiger partial charge in [-0.05, 0) is 97.2 Å². The summed E-state index contributed by atoms with van der Waals surface area (Å²) in [6.45, 7) is 12.8. The molecule has 1 unspecified atom stereocenters. The van der Waals surface area contributed by atoms with E-state index in [2.05, 4.69) is 43.7 Å². The van der Waals surface area contributed by atoms with E-state index in [0.717, 1.165) is 47.6 Å². The zero-order valence-electron chi connectivity index (χ0n) is 40.5. The van der Waals surface area contributed by atoms with Crippen LogP contribution in [0.5, 0.6) is 11.5 Å². The number of rotatable bonds is 16. The summed E-state index contributed by atoms with van der Waals surface area (Å²) in [4.78, 5) is 51.1. The Labute approximate surface area is 421 Å². The van der Waals surface area contributed by atoms with Gasteiger partial charge in [0.05, 0.1) is 39.9 Å². The van der Waals surface area contributed by atoms with Crippen LogP contribution in [-0.4, -0.2) is 110 Å². The first kappa shape index (κ1) is 52.1. The number of pyridine rings is 1. The second kappa shape index (κ2) is 21.5. The number of aromatic nitrogens is 2. The summed E-state index contributed by atoms with van der Waals surface area (Å²) in [5.41, 5.74) is 2.67. The molecule has 5 aromatic rings. The van der Waals surface area contributed by atoms with Crippen molar-refractivity contribution in [1.82, 2.24) is 24.5 Å². The lowest BCUT2D eigenvalue weighted by Gasteiger charge is -2.39. The Hall–Kier alpha value is -6.22. The van der Waals surface area contributed by atoms with Crippen LogP contribution in [0.1, 0.15) is 81.3 Å². The molecule has 3 aromatic carbocycles. The highest BCUT2D eigenvalue weighted by molar-refractivity contribution is 7.90. The van der Waals surface area contributed by atoms with E-state index in [1.165, 1.54) is 30.5 Å². The van der Waals surface area contributed by atoms with Crippen LogP contribution in [0.3, 0.4) is 0 Å². The smallest absolute Gasteiger partial charge is 0.416 e. The van der Waals surface area contributed by atoms with Crippen molar-refractivity contribution in [3.63, 3.8) is 0 Å². The molecule has 3 N–H and O–H groups in total. The lowest BCUT2D eigenvalue weighted by molar-refractivity contribution is -0.384. The van der Waals surface area contributed by atoms with Gasteiger partial charge in [0.15, 0.2) is 0 Å². The molecule has 2 amide bonds. The minimum Gasteiger partial charge on any atom is -0.455 e. The Kier molecular flexibility index (Phi) is 15.5. The highest BCUT2D eigenvalue weighted by Crippen LogP contribution is 2.46. The summed E-state index contributed by atoms with van der Waals surface area (Å²) in [5.74, 6) is -0.788. The lowest BCUT2D eigenvalue weighted by atomic mass is 9.72. The van der Waals surface area contributed by atoms with Crippen molar-refractivity contribution in [2.45, 2.75) is 77.0 Å². The average molecular weight is 1040 g/mol. The van der Waals surface area contributed by atoms with Crippen LogP contribution in [0.4, 0.5) is 30.2 Å². The number of allylic oxidation sites excluding steroid dienone is 1. The highest BCUT2D eigenvalue weighted by Gasteiger charge is 2.34. The number of aromatic amines is 1. The minimum atomic E-state index is -4.66. The third-order valence-electron chi connectivity index (χ3n) is 13.4. The minimum absolute atomic E-state index is 0.0377. The number of anilines is 2. The Balaban J connectivity index is 0.961. The van der Waals surface area contributed by atoms with Gasteiger partial charge < -0.3 is 29.6 Å². The fourth-order valence-electron chi connectivity index (χ4n) is 9.47. The van der Waals surface area contributed by atoms with Crippen LogP contribution in [0, 0.1) is 21.4 Å². The third kappa shape index (κ3) is 12.3. The number of benzene rings is 3. The number of halogens is 4. The number of nitro benzene ring substituents is 1. The van der Waals surface area contributed by atoms with Crippen LogP contribution in [0.2, 0.25) is 5.02 Å². The molecule has 16 nitrogen and oxygen atoms in total. The number of alkyl halides is 3. The lowest BCUT2D eigenvalue weighted by Crippen LogP contribution is -2.47. The molecule has 2 aliphatic heterocycles. The number of morpholine rings is 1. The molecular formula is C51H58ClF3N8O8S. The molecule has 8 rings (SSSR count). The second-order valence-electron chi connectivity index (χ2n) is 19.6. The van der Waals surface area contributed by atoms with E-state index in [-0.39, 0.29) is 51.1 Å². The average Bonchev–Trinajstić information content (AvgIpc) is 3.81. The molecule has 2 saturated heterocycles. The van der Waals surface area contributed by atoms with E-state index < -0.39 is 43.2 Å². The van der Waals surface area contributed by atoms with E-state index in [1.807, 2.05) is 13.8 Å². The number of amides is 2. The molecule has 0 bridgehead atoms. The Morgan fingerprint density at radius 1 is 1.04 bits per heavy atom. The van der Waals surface area contributed by atoms with Crippen molar-refractivity contribution in [3.8, 4) is 11.5 Å². The van der Waals surface area contributed by atoms with Gasteiger partial charge in [-0.3, -0.25) is 24.6 Å². The van der Waals surface area contributed by atoms with Crippen molar-refractivity contribution in [2.75, 3.05) is 69.2 Å². The van der Waals surface area contributed by atoms with Gasteiger partial charge >= 0.3 is 6.18 Å². The zero-order chi connectivity index (χ0) is 51.5. The summed E-state index contributed by atoms with van der Waals surface area (Å²) in [6.07, 6.45) is 2.03. The largest absolute Gasteiger partial charge is 0.455 e. The number of piperazine rings is 1. The van der Waals surface area contributed by atoms with Crippen LogP contribution in [0.25, 0.3) is 16.6 Å². The first-order valence-electron chi connectivity index (χ1n) is 23.9. The van der Waals surface area contributed by atoms with Crippen molar-refractivity contribution in [2.24, 2.45) is 11.3 Å². The Morgan fingerprint density at radius 3 is 2.54 bits per heavy atom. The molecule has 72 heavy (non-hydrogen) atoms. The van der Waals surface area contributed by atoms with Crippen LogP contribution < -0.4 is 19.7 Å². The molecule has 4 heterocycles. The molecule has 21 heteroatoms. The highest BCUT2D eigenvalue weighted by atomic mass is 35.5. The van der Waals surface area contributed by atoms with E-state index in [9.17, 15) is 41.3 Å². The normalized spacial score (nSPS) is 17.9. The Bertz CT molecular complexity index is 2990. The molecule has 384 valence electrons. The number of carbonyl (C=O) groups excluding carboxylic acids is 2. The number of H-pyrrole nitrogens is 1. The topological polar surface area (TPSA) is 192 Å². The number of hydrogen-bond acceptors (Lipinski definition) is 12. The molecule has 0 saturated carbocycles.